The van der Waals surface area contributed by atoms with Crippen molar-refractivity contribution in [1.29, 1.82) is 0 Å². The fraction of sp³-hybridized carbons (Fsp3) is 0.417. The molecule has 1 saturated heterocycles. The number of amides is 1. The third kappa shape index (κ3) is 2.93. The summed E-state index contributed by atoms with van der Waals surface area (Å²) in [5.74, 6) is -1.43. The van der Waals surface area contributed by atoms with Crippen LogP contribution in [0.2, 0.25) is 0 Å². The molecule has 1 atom stereocenters. The summed E-state index contributed by atoms with van der Waals surface area (Å²) in [6.45, 7) is 0.443. The molecule has 5 nitrogen and oxygen atoms in total. The molecule has 1 heterocycles. The molecular weight excluding hydrogens is 271 g/mol. The van der Waals surface area contributed by atoms with Crippen LogP contribution < -0.4 is 5.73 Å². The van der Waals surface area contributed by atoms with Crippen molar-refractivity contribution in [2.45, 2.75) is 17.7 Å². The zero-order valence-corrected chi connectivity index (χ0v) is 11.1. The average molecular weight is 286 g/mol. The maximum atomic E-state index is 12.8. The molecule has 19 heavy (non-hydrogen) atoms. The Morgan fingerprint density at radius 3 is 2.53 bits per heavy atom. The molecule has 1 amide bonds. The smallest absolute Gasteiger partial charge is 0.243 e. The fourth-order valence-corrected chi connectivity index (χ4v) is 3.67. The molecule has 0 radical (unpaired) electrons. The monoisotopic (exact) mass is 286 g/mol. The molecule has 2 rings (SSSR count). The number of primary amides is 1. The predicted molar refractivity (Wildman–Crippen MR) is 67.1 cm³/mol. The Morgan fingerprint density at radius 1 is 1.32 bits per heavy atom. The van der Waals surface area contributed by atoms with E-state index in [-0.39, 0.29) is 11.4 Å². The Hall–Kier alpha value is -1.47. The second-order valence-corrected chi connectivity index (χ2v) is 6.50. The Bertz CT molecular complexity index is 571. The zero-order chi connectivity index (χ0) is 14.0. The lowest BCUT2D eigenvalue weighted by molar-refractivity contribution is -0.122. The largest absolute Gasteiger partial charge is 0.369 e. The number of rotatable bonds is 3. The fourth-order valence-electron chi connectivity index (χ4n) is 2.15. The van der Waals surface area contributed by atoms with E-state index < -0.39 is 27.7 Å². The molecule has 0 unspecified atom stereocenters. The summed E-state index contributed by atoms with van der Waals surface area (Å²) in [5.41, 5.74) is 5.22. The molecule has 0 saturated carbocycles. The van der Waals surface area contributed by atoms with Gasteiger partial charge in [0.05, 0.1) is 10.8 Å². The van der Waals surface area contributed by atoms with Crippen LogP contribution >= 0.6 is 0 Å². The summed E-state index contributed by atoms with van der Waals surface area (Å²) in [4.78, 5) is 11.2. The van der Waals surface area contributed by atoms with Crippen molar-refractivity contribution in [2.24, 2.45) is 11.7 Å². The molecule has 2 N–H and O–H groups in total. The van der Waals surface area contributed by atoms with E-state index in [1.165, 1.54) is 16.4 Å². The predicted octanol–water partition coefficient (Wildman–Crippen LogP) is 0.712. The summed E-state index contributed by atoms with van der Waals surface area (Å²) in [5, 5.41) is 0. The van der Waals surface area contributed by atoms with Gasteiger partial charge in [-0.15, -0.1) is 0 Å². The van der Waals surface area contributed by atoms with Crippen molar-refractivity contribution in [3.63, 3.8) is 0 Å². The van der Waals surface area contributed by atoms with E-state index in [0.29, 0.717) is 19.4 Å². The van der Waals surface area contributed by atoms with E-state index in [2.05, 4.69) is 0 Å². The van der Waals surface area contributed by atoms with Crippen molar-refractivity contribution < 1.29 is 17.6 Å². The Morgan fingerprint density at radius 2 is 1.95 bits per heavy atom. The van der Waals surface area contributed by atoms with E-state index in [1.807, 2.05) is 0 Å². The van der Waals surface area contributed by atoms with Gasteiger partial charge in [0.2, 0.25) is 15.9 Å². The maximum absolute atomic E-state index is 12.8. The van der Waals surface area contributed by atoms with Crippen molar-refractivity contribution in [1.82, 2.24) is 4.31 Å². The number of nitrogens with two attached hydrogens (primary N) is 1. The number of hydrogen-bond donors (Lipinski definition) is 1. The molecule has 0 aliphatic carbocycles. The van der Waals surface area contributed by atoms with Crippen LogP contribution in [0.5, 0.6) is 0 Å². The second-order valence-electron chi connectivity index (χ2n) is 4.56. The van der Waals surface area contributed by atoms with Gasteiger partial charge < -0.3 is 5.73 Å². The summed E-state index contributed by atoms with van der Waals surface area (Å²) in [6.07, 6.45) is 1.19. The minimum Gasteiger partial charge on any atom is -0.369 e. The lowest BCUT2D eigenvalue weighted by Crippen LogP contribution is -2.44. The first-order chi connectivity index (χ1) is 8.91. The first kappa shape index (κ1) is 14.0. The van der Waals surface area contributed by atoms with Gasteiger partial charge in [-0.25, -0.2) is 12.8 Å². The minimum absolute atomic E-state index is 0.0269. The Kier molecular flexibility index (Phi) is 3.86. The van der Waals surface area contributed by atoms with Gasteiger partial charge in [-0.05, 0) is 37.1 Å². The molecule has 0 aromatic heterocycles. The van der Waals surface area contributed by atoms with Crippen molar-refractivity contribution >= 4 is 15.9 Å². The number of sulfonamides is 1. The lowest BCUT2D eigenvalue weighted by Gasteiger charge is -2.30. The van der Waals surface area contributed by atoms with Crippen LogP contribution in [0.3, 0.4) is 0 Å². The van der Waals surface area contributed by atoms with Gasteiger partial charge in [0.25, 0.3) is 0 Å². The molecule has 1 aliphatic heterocycles. The number of piperidine rings is 1. The quantitative estimate of drug-likeness (QED) is 0.888. The topological polar surface area (TPSA) is 80.5 Å². The highest BCUT2D eigenvalue weighted by Crippen LogP contribution is 2.23. The van der Waals surface area contributed by atoms with Crippen LogP contribution in [-0.4, -0.2) is 31.7 Å². The number of carbonyl (C=O) groups excluding carboxylic acids is 1. The standard InChI is InChI=1S/C12H15FN2O3S/c13-10-3-5-11(6-4-10)19(17,18)15-7-1-2-9(8-15)12(14)16/h3-6,9H,1-2,7-8H2,(H2,14,16)/t9-/m0/s1. The molecule has 1 fully saturated rings. The number of carbonyl (C=O) groups is 1. The van der Waals surface area contributed by atoms with Gasteiger partial charge in [0, 0.05) is 13.1 Å². The number of benzene rings is 1. The molecule has 7 heteroatoms. The van der Waals surface area contributed by atoms with E-state index in [1.54, 1.807) is 0 Å². The summed E-state index contributed by atoms with van der Waals surface area (Å²) >= 11 is 0. The molecule has 0 spiro atoms. The minimum atomic E-state index is -3.69. The highest BCUT2D eigenvalue weighted by molar-refractivity contribution is 7.89. The molecule has 104 valence electrons. The lowest BCUT2D eigenvalue weighted by atomic mass is 9.99. The molecule has 1 aromatic carbocycles. The highest BCUT2D eigenvalue weighted by atomic mass is 32.2. The van der Waals surface area contributed by atoms with Crippen molar-refractivity contribution in [3.8, 4) is 0 Å². The van der Waals surface area contributed by atoms with Gasteiger partial charge >= 0.3 is 0 Å². The summed E-state index contributed by atoms with van der Waals surface area (Å²) in [7, 11) is -3.69. The zero-order valence-electron chi connectivity index (χ0n) is 10.3. The first-order valence-corrected chi connectivity index (χ1v) is 7.40. The first-order valence-electron chi connectivity index (χ1n) is 5.96. The van der Waals surface area contributed by atoms with Gasteiger partial charge in [0.15, 0.2) is 0 Å². The van der Waals surface area contributed by atoms with Gasteiger partial charge in [0.1, 0.15) is 5.82 Å². The SMILES string of the molecule is NC(=O)[C@H]1CCCN(S(=O)(=O)c2ccc(F)cc2)C1. The van der Waals surface area contributed by atoms with Gasteiger partial charge in [-0.1, -0.05) is 0 Å². The molecule has 1 aliphatic rings. The van der Waals surface area contributed by atoms with Crippen LogP contribution in [0.15, 0.2) is 29.2 Å². The van der Waals surface area contributed by atoms with Gasteiger partial charge in [-0.3, -0.25) is 4.79 Å². The number of nitrogens with zero attached hydrogens (tertiary/aromatic N) is 1. The van der Waals surface area contributed by atoms with E-state index in [4.69, 9.17) is 5.73 Å². The second kappa shape index (κ2) is 5.26. The number of halogens is 1. The van der Waals surface area contributed by atoms with E-state index in [0.717, 1.165) is 12.1 Å². The third-order valence-corrected chi connectivity index (χ3v) is 5.12. The van der Waals surface area contributed by atoms with Gasteiger partial charge in [-0.2, -0.15) is 4.31 Å². The molecular formula is C12H15FN2O3S. The average Bonchev–Trinajstić information content (AvgIpc) is 2.39. The summed E-state index contributed by atoms with van der Waals surface area (Å²) < 4.78 is 38.7. The van der Waals surface area contributed by atoms with Crippen LogP contribution in [0.4, 0.5) is 4.39 Å². The highest BCUT2D eigenvalue weighted by Gasteiger charge is 2.32. The van der Waals surface area contributed by atoms with E-state index in [9.17, 15) is 17.6 Å². The number of hydrogen-bond acceptors (Lipinski definition) is 3. The van der Waals surface area contributed by atoms with Crippen LogP contribution in [0.1, 0.15) is 12.8 Å². The third-order valence-electron chi connectivity index (χ3n) is 3.24. The Balaban J connectivity index is 2.24. The van der Waals surface area contributed by atoms with Crippen molar-refractivity contribution in [3.05, 3.63) is 30.1 Å². The normalized spacial score (nSPS) is 21.2. The van der Waals surface area contributed by atoms with Crippen LogP contribution in [0.25, 0.3) is 0 Å². The molecule has 1 aromatic rings. The maximum Gasteiger partial charge on any atom is 0.243 e. The van der Waals surface area contributed by atoms with E-state index >= 15 is 0 Å². The molecule has 0 bridgehead atoms. The summed E-state index contributed by atoms with van der Waals surface area (Å²) in [6, 6.07) is 4.64. The van der Waals surface area contributed by atoms with Crippen LogP contribution in [-0.2, 0) is 14.8 Å². The van der Waals surface area contributed by atoms with Crippen LogP contribution in [0, 0.1) is 11.7 Å². The van der Waals surface area contributed by atoms with Crippen molar-refractivity contribution in [2.75, 3.05) is 13.1 Å². The Labute approximate surface area is 111 Å².